The van der Waals surface area contributed by atoms with Gasteiger partial charge >= 0.3 is 12.1 Å². The van der Waals surface area contributed by atoms with E-state index in [0.29, 0.717) is 37.2 Å². The van der Waals surface area contributed by atoms with Gasteiger partial charge in [0, 0.05) is 42.7 Å². The quantitative estimate of drug-likeness (QED) is 0.261. The van der Waals surface area contributed by atoms with Crippen LogP contribution in [0.4, 0.5) is 13.6 Å². The Kier molecular flexibility index (Phi) is 8.55. The molecule has 1 saturated carbocycles. The average Bonchev–Trinajstić information content (AvgIpc) is 3.34. The normalized spacial score (nSPS) is 21.9. The first-order valence-electron chi connectivity index (χ1n) is 14.6. The third-order valence-corrected chi connectivity index (χ3v) is 8.27. The van der Waals surface area contributed by atoms with Crippen molar-refractivity contribution < 1.29 is 37.3 Å². The zero-order valence-electron chi connectivity index (χ0n) is 25.6. The minimum absolute atomic E-state index is 0.0518. The van der Waals surface area contributed by atoms with Crippen molar-refractivity contribution in [3.05, 3.63) is 64.8 Å². The zero-order chi connectivity index (χ0) is 31.1. The fourth-order valence-corrected chi connectivity index (χ4v) is 5.91. The van der Waals surface area contributed by atoms with Gasteiger partial charge in [0.25, 0.3) is 5.92 Å². The summed E-state index contributed by atoms with van der Waals surface area (Å²) in [6, 6.07) is 11.0. The fourth-order valence-electron chi connectivity index (χ4n) is 5.91. The second-order valence-electron chi connectivity index (χ2n) is 12.5. The summed E-state index contributed by atoms with van der Waals surface area (Å²) in [5, 5.41) is 0.886. The number of methoxy groups -OCH3 is 2. The highest BCUT2D eigenvalue weighted by Gasteiger charge is 2.57. The topological polar surface area (TPSA) is 79.2 Å². The fraction of sp³-hybridized carbons (Fsp3) is 0.515. The number of likely N-dealkylation sites (tertiary alicyclic amines) is 1. The van der Waals surface area contributed by atoms with E-state index in [1.165, 1.54) is 11.7 Å². The third kappa shape index (κ3) is 6.70. The molecule has 2 heterocycles. The van der Waals surface area contributed by atoms with Crippen LogP contribution in [-0.2, 0) is 20.8 Å². The van der Waals surface area contributed by atoms with Gasteiger partial charge in [-0.1, -0.05) is 12.1 Å². The number of alkyl halides is 2. The number of hydrogen-bond acceptors (Lipinski definition) is 7. The second kappa shape index (κ2) is 11.9. The lowest BCUT2D eigenvalue weighted by atomic mass is 9.91. The Morgan fingerprint density at radius 3 is 2.40 bits per heavy atom. The number of carbonyl (C=O) groups excluding carboxylic acids is 2. The highest BCUT2D eigenvalue weighted by Crippen LogP contribution is 2.49. The van der Waals surface area contributed by atoms with Crippen molar-refractivity contribution in [1.82, 2.24) is 9.47 Å². The molecule has 0 spiro atoms. The molecular weight excluding hydrogens is 558 g/mol. The number of aromatic nitrogens is 1. The molecule has 10 heteroatoms. The van der Waals surface area contributed by atoms with Gasteiger partial charge in [0.2, 0.25) is 0 Å². The zero-order valence-corrected chi connectivity index (χ0v) is 25.6. The summed E-state index contributed by atoms with van der Waals surface area (Å²) in [5.41, 5.74) is 3.35. The van der Waals surface area contributed by atoms with Crippen LogP contribution < -0.4 is 4.74 Å². The maximum atomic E-state index is 13.5. The molecule has 1 aliphatic carbocycles. The molecule has 1 aliphatic heterocycles. The highest BCUT2D eigenvalue weighted by atomic mass is 19.3. The summed E-state index contributed by atoms with van der Waals surface area (Å²) >= 11 is 0. The summed E-state index contributed by atoms with van der Waals surface area (Å²) in [4.78, 5) is 27.4. The number of rotatable bonds is 8. The van der Waals surface area contributed by atoms with E-state index < -0.39 is 29.5 Å². The van der Waals surface area contributed by atoms with Gasteiger partial charge in [0.05, 0.1) is 43.9 Å². The van der Waals surface area contributed by atoms with E-state index in [4.69, 9.17) is 18.9 Å². The standard InChI is InChI=1S/C33H40F2N2O6/c1-20-15-28(40-5)26(25-12-14-37(29(20)25)31(39)43-32(2,3)4)18-36-13-11-24(42-19-23-17-33(23,34)35)16-27(36)21-7-9-22(10-8-21)30(38)41-6/h7-10,12,14-15,23-24,27H,11,13,16-19H2,1-6H3/t23?,24-,27-/m0/s1. The van der Waals surface area contributed by atoms with Crippen LogP contribution in [-0.4, -0.2) is 66.5 Å². The summed E-state index contributed by atoms with van der Waals surface area (Å²) in [5.74, 6) is -3.03. The van der Waals surface area contributed by atoms with Crippen LogP contribution in [0.15, 0.2) is 42.6 Å². The number of aryl methyl sites for hydroxylation is 1. The molecular formula is C33H40F2N2O6. The van der Waals surface area contributed by atoms with Crippen molar-refractivity contribution in [3.63, 3.8) is 0 Å². The minimum Gasteiger partial charge on any atom is -0.496 e. The van der Waals surface area contributed by atoms with Crippen LogP contribution in [0.3, 0.4) is 0 Å². The molecule has 0 amide bonds. The Labute approximate surface area is 250 Å². The first-order chi connectivity index (χ1) is 20.3. The van der Waals surface area contributed by atoms with Crippen LogP contribution >= 0.6 is 0 Å². The van der Waals surface area contributed by atoms with Gasteiger partial charge in [-0.3, -0.25) is 9.47 Å². The maximum Gasteiger partial charge on any atom is 0.419 e. The lowest BCUT2D eigenvalue weighted by Crippen LogP contribution is -2.39. The Balaban J connectivity index is 1.46. The van der Waals surface area contributed by atoms with Crippen molar-refractivity contribution in [1.29, 1.82) is 0 Å². The number of fused-ring (bicyclic) bond motifs is 1. The number of hydrogen-bond donors (Lipinski definition) is 0. The molecule has 8 nitrogen and oxygen atoms in total. The van der Waals surface area contributed by atoms with E-state index in [1.807, 2.05) is 52.0 Å². The summed E-state index contributed by atoms with van der Waals surface area (Å²) < 4.78 is 50.9. The minimum atomic E-state index is -2.62. The van der Waals surface area contributed by atoms with Gasteiger partial charge in [-0.15, -0.1) is 0 Å². The van der Waals surface area contributed by atoms with E-state index in [1.54, 1.807) is 25.4 Å². The molecule has 5 rings (SSSR count). The van der Waals surface area contributed by atoms with Gasteiger partial charge in [0.15, 0.2) is 0 Å². The Bertz CT molecular complexity index is 1490. The van der Waals surface area contributed by atoms with E-state index in [0.717, 1.165) is 27.6 Å². The Hall–Kier alpha value is -3.50. The molecule has 1 saturated heterocycles. The molecule has 1 aromatic heterocycles. The molecule has 0 N–H and O–H groups in total. The van der Waals surface area contributed by atoms with Crippen molar-refractivity contribution in [2.75, 3.05) is 27.4 Å². The number of piperidine rings is 1. The summed E-state index contributed by atoms with van der Waals surface area (Å²) in [6.45, 7) is 8.65. The first-order valence-corrected chi connectivity index (χ1v) is 14.6. The Morgan fingerprint density at radius 2 is 1.79 bits per heavy atom. The molecule has 232 valence electrons. The number of nitrogens with zero attached hydrogens (tertiary/aromatic N) is 2. The number of esters is 1. The molecule has 1 unspecified atom stereocenters. The van der Waals surface area contributed by atoms with Crippen molar-refractivity contribution >= 4 is 23.0 Å². The predicted molar refractivity (Wildman–Crippen MR) is 158 cm³/mol. The van der Waals surface area contributed by atoms with E-state index in [2.05, 4.69) is 4.90 Å². The molecule has 2 aromatic carbocycles. The SMILES string of the molecule is COC(=O)c1ccc([C@@H]2C[C@@H](OCC3CC3(F)F)CCN2Cc2c(OC)cc(C)c3c2ccn3C(=O)OC(C)(C)C)cc1. The largest absolute Gasteiger partial charge is 0.496 e. The van der Waals surface area contributed by atoms with Gasteiger partial charge in [-0.25, -0.2) is 18.4 Å². The number of carbonyl (C=O) groups is 2. The van der Waals surface area contributed by atoms with Crippen molar-refractivity contribution in [2.45, 2.75) is 77.2 Å². The summed E-state index contributed by atoms with van der Waals surface area (Å²) in [7, 11) is 2.97. The number of ether oxygens (including phenoxy) is 4. The van der Waals surface area contributed by atoms with Gasteiger partial charge in [0.1, 0.15) is 11.4 Å². The van der Waals surface area contributed by atoms with Crippen LogP contribution in [0.25, 0.3) is 10.9 Å². The van der Waals surface area contributed by atoms with Gasteiger partial charge in [-0.2, -0.15) is 0 Å². The van der Waals surface area contributed by atoms with Crippen molar-refractivity contribution in [3.8, 4) is 5.75 Å². The van der Waals surface area contributed by atoms with E-state index in [-0.39, 0.29) is 25.2 Å². The van der Waals surface area contributed by atoms with E-state index >= 15 is 0 Å². The number of halogens is 2. The molecule has 0 bridgehead atoms. The van der Waals surface area contributed by atoms with Crippen molar-refractivity contribution in [2.24, 2.45) is 5.92 Å². The van der Waals surface area contributed by atoms with Gasteiger partial charge < -0.3 is 18.9 Å². The maximum absolute atomic E-state index is 13.5. The predicted octanol–water partition coefficient (Wildman–Crippen LogP) is 6.91. The molecule has 2 fully saturated rings. The second-order valence-corrected chi connectivity index (χ2v) is 12.5. The van der Waals surface area contributed by atoms with Crippen LogP contribution in [0.1, 0.15) is 73.1 Å². The molecule has 2 aliphatic rings. The van der Waals surface area contributed by atoms with Gasteiger partial charge in [-0.05, 0) is 75.9 Å². The molecule has 3 aromatic rings. The van der Waals surface area contributed by atoms with Crippen LogP contribution in [0.5, 0.6) is 5.75 Å². The van der Waals surface area contributed by atoms with Crippen LogP contribution in [0, 0.1) is 12.8 Å². The monoisotopic (exact) mass is 598 g/mol. The lowest BCUT2D eigenvalue weighted by Gasteiger charge is -2.40. The number of benzene rings is 2. The molecule has 3 atom stereocenters. The lowest BCUT2D eigenvalue weighted by molar-refractivity contribution is -0.0343. The van der Waals surface area contributed by atoms with Crippen LogP contribution in [0.2, 0.25) is 0 Å². The average molecular weight is 599 g/mol. The first kappa shape index (κ1) is 30.9. The van der Waals surface area contributed by atoms with E-state index in [9.17, 15) is 18.4 Å². The third-order valence-electron chi connectivity index (χ3n) is 8.27. The smallest absolute Gasteiger partial charge is 0.419 e. The highest BCUT2D eigenvalue weighted by molar-refractivity contribution is 5.95. The molecule has 0 radical (unpaired) electrons. The Morgan fingerprint density at radius 1 is 1.09 bits per heavy atom. The molecule has 43 heavy (non-hydrogen) atoms. The summed E-state index contributed by atoms with van der Waals surface area (Å²) in [6.07, 6.45) is 2.27.